The van der Waals surface area contributed by atoms with Gasteiger partial charge < -0.3 is 0 Å². The second-order valence-corrected chi connectivity index (χ2v) is 10.8. The van der Waals surface area contributed by atoms with Gasteiger partial charge in [0.25, 0.3) is 0 Å². The molecule has 0 radical (unpaired) electrons. The Kier molecular flexibility index (Phi) is 5.40. The van der Waals surface area contributed by atoms with Crippen molar-refractivity contribution >= 4 is 39.8 Å². The number of allylic oxidation sites excluding steroid dienone is 1. The van der Waals surface area contributed by atoms with Crippen LogP contribution in [0.1, 0.15) is 12.8 Å². The summed E-state index contributed by atoms with van der Waals surface area (Å²) in [5, 5.41) is 3.69. The molecule has 4 atom stereocenters. The van der Waals surface area contributed by atoms with E-state index in [9.17, 15) is 0 Å². The second-order valence-electron chi connectivity index (χ2n) is 6.41. The third kappa shape index (κ3) is 3.63. The van der Waals surface area contributed by atoms with Crippen LogP contribution in [0.25, 0.3) is 0 Å². The van der Waals surface area contributed by atoms with Crippen molar-refractivity contribution in [2.45, 2.75) is 24.1 Å². The molecular formula is C20H23NP2S. The summed E-state index contributed by atoms with van der Waals surface area (Å²) in [7, 11) is 2.61. The summed E-state index contributed by atoms with van der Waals surface area (Å²) in [5.41, 5.74) is 0. The minimum Gasteiger partial charge on any atom is -0.255 e. The van der Waals surface area contributed by atoms with Gasteiger partial charge in [-0.3, -0.25) is 4.44 Å². The van der Waals surface area contributed by atoms with Gasteiger partial charge in [-0.1, -0.05) is 82.2 Å². The summed E-state index contributed by atoms with van der Waals surface area (Å²) >= 11 is 2.14. The zero-order valence-electron chi connectivity index (χ0n) is 13.7. The molecule has 4 rings (SSSR count). The number of benzene rings is 2. The van der Waals surface area contributed by atoms with E-state index in [1.807, 2.05) is 0 Å². The third-order valence-corrected chi connectivity index (χ3v) is 9.56. The Morgan fingerprint density at radius 2 is 1.54 bits per heavy atom. The fourth-order valence-electron chi connectivity index (χ4n) is 3.45. The zero-order valence-corrected chi connectivity index (χ0v) is 16.5. The minimum absolute atomic E-state index is 0.468. The van der Waals surface area contributed by atoms with Gasteiger partial charge in [-0.25, -0.2) is 0 Å². The molecule has 1 fully saturated rings. The van der Waals surface area contributed by atoms with Crippen molar-refractivity contribution in [3.8, 4) is 0 Å². The summed E-state index contributed by atoms with van der Waals surface area (Å²) < 4.78 is 2.60. The highest BCUT2D eigenvalue weighted by atomic mass is 32.2. The van der Waals surface area contributed by atoms with E-state index in [1.165, 1.54) is 29.2 Å². The summed E-state index contributed by atoms with van der Waals surface area (Å²) in [5.74, 6) is 2.03. The molecule has 0 bridgehead atoms. The number of hydrogen-bond acceptors (Lipinski definition) is 2. The molecule has 124 valence electrons. The van der Waals surface area contributed by atoms with E-state index in [-0.39, 0.29) is 0 Å². The van der Waals surface area contributed by atoms with E-state index >= 15 is 0 Å². The Morgan fingerprint density at radius 1 is 0.917 bits per heavy atom. The molecule has 4 unspecified atom stereocenters. The molecule has 1 aliphatic heterocycles. The predicted octanol–water partition coefficient (Wildman–Crippen LogP) is 4.58. The first kappa shape index (κ1) is 16.8. The topological polar surface area (TPSA) is 3.24 Å². The first-order valence-electron chi connectivity index (χ1n) is 8.55. The number of hydrogen-bond donors (Lipinski definition) is 0. The van der Waals surface area contributed by atoms with Crippen molar-refractivity contribution in [3.05, 3.63) is 72.8 Å². The van der Waals surface area contributed by atoms with Crippen LogP contribution in [0, 0.1) is 5.92 Å². The number of thioether (sulfide) groups is 1. The summed E-state index contributed by atoms with van der Waals surface area (Å²) in [6.07, 6.45) is 7.28. The molecule has 1 aliphatic carbocycles. The Bertz CT molecular complexity index is 652. The third-order valence-electron chi connectivity index (χ3n) is 4.80. The standard InChI is InChI=1S/C20H23NP2S/c22-21(19-15-18(19)20-13-7-8-14-24-20)23(16-9-3-1-4-10-16)17-11-5-2-6-12-17/h1-12,18-20H,13-15,22H2. The van der Waals surface area contributed by atoms with Crippen molar-refractivity contribution in [1.29, 1.82) is 0 Å². The SMILES string of the molecule is PN(C1CC1C1CC=CCS1)P(c1ccccc1)c1ccccc1. The maximum atomic E-state index is 3.08. The molecule has 1 saturated carbocycles. The number of rotatable bonds is 5. The average molecular weight is 371 g/mol. The zero-order chi connectivity index (χ0) is 16.4. The van der Waals surface area contributed by atoms with E-state index in [0.717, 1.165) is 11.2 Å². The van der Waals surface area contributed by atoms with Crippen LogP contribution in [0.2, 0.25) is 0 Å². The first-order valence-corrected chi connectivity index (χ1v) is 11.4. The highest BCUT2D eigenvalue weighted by Gasteiger charge is 2.47. The summed E-state index contributed by atoms with van der Waals surface area (Å²) in [4.78, 5) is 0. The maximum Gasteiger partial charge on any atom is 0.0316 e. The Hall–Kier alpha value is -0.650. The lowest BCUT2D eigenvalue weighted by atomic mass is 10.2. The van der Waals surface area contributed by atoms with Gasteiger partial charge in [0.1, 0.15) is 0 Å². The lowest BCUT2D eigenvalue weighted by molar-refractivity contribution is 0.623. The average Bonchev–Trinajstić information content (AvgIpc) is 3.45. The van der Waals surface area contributed by atoms with Crippen LogP contribution < -0.4 is 10.6 Å². The highest BCUT2D eigenvalue weighted by Crippen LogP contribution is 2.55. The quantitative estimate of drug-likeness (QED) is 0.559. The molecule has 0 N–H and O–H groups in total. The van der Waals surface area contributed by atoms with E-state index < -0.39 is 8.07 Å². The highest BCUT2D eigenvalue weighted by molar-refractivity contribution is 8.00. The van der Waals surface area contributed by atoms with Crippen LogP contribution >= 0.6 is 29.2 Å². The second kappa shape index (κ2) is 7.71. The van der Waals surface area contributed by atoms with E-state index in [2.05, 4.69) is 98.4 Å². The van der Waals surface area contributed by atoms with Gasteiger partial charge in [0.15, 0.2) is 0 Å². The van der Waals surface area contributed by atoms with Crippen LogP contribution in [0.3, 0.4) is 0 Å². The molecule has 1 heterocycles. The Balaban J connectivity index is 1.57. The van der Waals surface area contributed by atoms with Gasteiger partial charge in [0.05, 0.1) is 0 Å². The summed E-state index contributed by atoms with van der Waals surface area (Å²) in [6.45, 7) is 0. The van der Waals surface area contributed by atoms with E-state index in [1.54, 1.807) is 0 Å². The molecule has 4 heteroatoms. The van der Waals surface area contributed by atoms with Gasteiger partial charge in [0, 0.05) is 25.1 Å². The van der Waals surface area contributed by atoms with Crippen molar-refractivity contribution in [1.82, 2.24) is 4.44 Å². The van der Waals surface area contributed by atoms with Crippen molar-refractivity contribution < 1.29 is 0 Å². The van der Waals surface area contributed by atoms with Crippen LogP contribution in [-0.2, 0) is 0 Å². The smallest absolute Gasteiger partial charge is 0.0316 e. The first-order chi connectivity index (χ1) is 11.8. The van der Waals surface area contributed by atoms with Crippen LogP contribution in [-0.4, -0.2) is 21.5 Å². The molecule has 2 aliphatic rings. The molecule has 0 amide bonds. The largest absolute Gasteiger partial charge is 0.255 e. The molecule has 2 aromatic rings. The van der Waals surface area contributed by atoms with Crippen LogP contribution in [0.4, 0.5) is 0 Å². The fraction of sp³-hybridized carbons (Fsp3) is 0.300. The molecular weight excluding hydrogens is 348 g/mol. The Morgan fingerprint density at radius 3 is 2.08 bits per heavy atom. The van der Waals surface area contributed by atoms with Gasteiger partial charge in [0.2, 0.25) is 0 Å². The van der Waals surface area contributed by atoms with Gasteiger partial charge >= 0.3 is 0 Å². The molecule has 2 aromatic carbocycles. The lowest BCUT2D eigenvalue weighted by Gasteiger charge is -2.30. The van der Waals surface area contributed by atoms with Gasteiger partial charge in [-0.2, -0.15) is 11.8 Å². The van der Waals surface area contributed by atoms with Crippen molar-refractivity contribution in [3.63, 3.8) is 0 Å². The normalized spacial score (nSPS) is 26.0. The monoisotopic (exact) mass is 371 g/mol. The lowest BCUT2D eigenvalue weighted by Crippen LogP contribution is -2.25. The summed E-state index contributed by atoms with van der Waals surface area (Å²) in [6, 6.07) is 22.7. The van der Waals surface area contributed by atoms with E-state index in [0.29, 0.717) is 6.04 Å². The molecule has 0 aromatic heterocycles. The molecule has 0 saturated heterocycles. The maximum absolute atomic E-state index is 3.08. The molecule has 0 spiro atoms. The van der Waals surface area contributed by atoms with Crippen molar-refractivity contribution in [2.24, 2.45) is 5.92 Å². The van der Waals surface area contributed by atoms with Crippen LogP contribution in [0.5, 0.6) is 0 Å². The van der Waals surface area contributed by atoms with Crippen molar-refractivity contribution in [2.75, 3.05) is 5.75 Å². The van der Waals surface area contributed by atoms with Crippen LogP contribution in [0.15, 0.2) is 72.8 Å². The van der Waals surface area contributed by atoms with Gasteiger partial charge in [-0.15, -0.1) is 0 Å². The minimum atomic E-state index is -0.468. The fourth-order valence-corrected chi connectivity index (χ4v) is 8.18. The Labute approximate surface area is 153 Å². The van der Waals surface area contributed by atoms with Gasteiger partial charge in [-0.05, 0) is 29.4 Å². The molecule has 24 heavy (non-hydrogen) atoms. The number of nitrogens with zero attached hydrogens (tertiary/aromatic N) is 1. The predicted molar refractivity (Wildman–Crippen MR) is 113 cm³/mol. The molecule has 1 nitrogen and oxygen atoms in total. The van der Waals surface area contributed by atoms with E-state index in [4.69, 9.17) is 0 Å².